The van der Waals surface area contributed by atoms with Gasteiger partial charge < -0.3 is 5.32 Å². The number of nitrogens with one attached hydrogen (secondary N) is 1. The molecule has 1 aromatic heterocycles. The molecule has 0 unspecified atom stereocenters. The first-order valence-electron chi connectivity index (χ1n) is 3.49. The van der Waals surface area contributed by atoms with Crippen LogP contribution in [0.2, 0.25) is 0 Å². The van der Waals surface area contributed by atoms with Gasteiger partial charge in [-0.2, -0.15) is 0 Å². The van der Waals surface area contributed by atoms with Gasteiger partial charge in [-0.05, 0) is 22.9 Å². The van der Waals surface area contributed by atoms with Gasteiger partial charge in [-0.3, -0.25) is 4.79 Å². The second kappa shape index (κ2) is 4.15. The largest absolute Gasteiger partial charge is 0.350 e. The topological polar surface area (TPSA) is 54.9 Å². The minimum absolute atomic E-state index is 0.194. The van der Waals surface area contributed by atoms with Crippen LogP contribution >= 0.6 is 15.9 Å². The lowest BCUT2D eigenvalue weighted by molar-refractivity contribution is 0.0945. The monoisotopic (exact) mass is 229 g/mol. The Kier molecular flexibility index (Phi) is 3.16. The lowest BCUT2D eigenvalue weighted by atomic mass is 10.5. The van der Waals surface area contributed by atoms with Crippen molar-refractivity contribution in [1.82, 2.24) is 15.3 Å². The van der Waals surface area contributed by atoms with Gasteiger partial charge >= 0.3 is 0 Å². The van der Waals surface area contributed by atoms with E-state index in [1.54, 1.807) is 0 Å². The van der Waals surface area contributed by atoms with Crippen LogP contribution in [0.3, 0.4) is 0 Å². The van der Waals surface area contributed by atoms with E-state index < -0.39 is 0 Å². The van der Waals surface area contributed by atoms with Crippen molar-refractivity contribution >= 4 is 21.8 Å². The number of carbonyl (C=O) groups excluding carboxylic acids is 1. The molecule has 4 nitrogen and oxygen atoms in total. The van der Waals surface area contributed by atoms with Crippen molar-refractivity contribution < 1.29 is 4.79 Å². The number of rotatable bonds is 2. The molecule has 64 valence electrons. The highest BCUT2D eigenvalue weighted by Crippen LogP contribution is 2.03. The SMILES string of the molecule is CCNC(=O)c1ncc(Br)cn1. The second-order valence-electron chi connectivity index (χ2n) is 2.08. The number of aromatic nitrogens is 2. The van der Waals surface area contributed by atoms with Crippen molar-refractivity contribution in [1.29, 1.82) is 0 Å². The second-order valence-corrected chi connectivity index (χ2v) is 3.00. The molecule has 0 radical (unpaired) electrons. The molecule has 1 heterocycles. The van der Waals surface area contributed by atoms with E-state index in [9.17, 15) is 4.79 Å². The Bertz CT molecular complexity index is 272. The molecule has 0 spiro atoms. The van der Waals surface area contributed by atoms with Crippen LogP contribution in [0.4, 0.5) is 0 Å². The minimum Gasteiger partial charge on any atom is -0.350 e. The van der Waals surface area contributed by atoms with E-state index in [1.807, 2.05) is 6.92 Å². The van der Waals surface area contributed by atoms with Gasteiger partial charge in [-0.25, -0.2) is 9.97 Å². The average molecular weight is 230 g/mol. The van der Waals surface area contributed by atoms with Gasteiger partial charge in [0.2, 0.25) is 5.82 Å². The van der Waals surface area contributed by atoms with E-state index in [1.165, 1.54) is 12.4 Å². The van der Waals surface area contributed by atoms with Crippen LogP contribution in [-0.2, 0) is 0 Å². The number of hydrogen-bond acceptors (Lipinski definition) is 3. The van der Waals surface area contributed by atoms with E-state index >= 15 is 0 Å². The predicted molar refractivity (Wildman–Crippen MR) is 47.7 cm³/mol. The summed E-state index contributed by atoms with van der Waals surface area (Å²) in [5, 5.41) is 2.60. The maximum Gasteiger partial charge on any atom is 0.289 e. The molecule has 0 saturated carbocycles. The van der Waals surface area contributed by atoms with E-state index in [0.717, 1.165) is 4.47 Å². The normalized spacial score (nSPS) is 9.50. The predicted octanol–water partition coefficient (Wildman–Crippen LogP) is 0.989. The molecule has 1 aromatic rings. The molecule has 0 aliphatic rings. The Balaban J connectivity index is 2.75. The zero-order chi connectivity index (χ0) is 8.97. The standard InChI is InChI=1S/C7H8BrN3O/c1-2-9-7(12)6-10-3-5(8)4-11-6/h3-4H,2H2,1H3,(H,9,12). The molecule has 5 heteroatoms. The van der Waals surface area contributed by atoms with Crippen LogP contribution in [0.1, 0.15) is 17.5 Å². The third kappa shape index (κ3) is 2.27. The average Bonchev–Trinajstić information content (AvgIpc) is 2.06. The highest BCUT2D eigenvalue weighted by molar-refractivity contribution is 9.10. The van der Waals surface area contributed by atoms with E-state index in [4.69, 9.17) is 0 Å². The lowest BCUT2D eigenvalue weighted by Gasteiger charge is -1.98. The van der Waals surface area contributed by atoms with Crippen LogP contribution in [0.5, 0.6) is 0 Å². The fourth-order valence-corrected chi connectivity index (χ4v) is 0.874. The van der Waals surface area contributed by atoms with Crippen molar-refractivity contribution in [3.63, 3.8) is 0 Å². The van der Waals surface area contributed by atoms with Crippen molar-refractivity contribution in [2.24, 2.45) is 0 Å². The number of hydrogen-bond donors (Lipinski definition) is 1. The molecule has 0 aromatic carbocycles. The van der Waals surface area contributed by atoms with Crippen molar-refractivity contribution in [3.05, 3.63) is 22.7 Å². The van der Waals surface area contributed by atoms with Crippen molar-refractivity contribution in [2.75, 3.05) is 6.54 Å². The summed E-state index contributed by atoms with van der Waals surface area (Å²) in [6.07, 6.45) is 3.08. The van der Waals surface area contributed by atoms with E-state index in [-0.39, 0.29) is 11.7 Å². The van der Waals surface area contributed by atoms with Gasteiger partial charge in [0.15, 0.2) is 0 Å². The Hall–Kier alpha value is -0.970. The molecule has 12 heavy (non-hydrogen) atoms. The quantitative estimate of drug-likeness (QED) is 0.824. The molecular weight excluding hydrogens is 222 g/mol. The molecule has 0 fully saturated rings. The first-order valence-corrected chi connectivity index (χ1v) is 4.29. The van der Waals surface area contributed by atoms with Crippen LogP contribution in [0.15, 0.2) is 16.9 Å². The van der Waals surface area contributed by atoms with Gasteiger partial charge in [-0.1, -0.05) is 0 Å². The fraction of sp³-hybridized carbons (Fsp3) is 0.286. The fourth-order valence-electron chi connectivity index (χ4n) is 0.669. The zero-order valence-corrected chi connectivity index (χ0v) is 8.13. The molecule has 0 atom stereocenters. The Morgan fingerprint density at radius 2 is 2.17 bits per heavy atom. The van der Waals surface area contributed by atoms with E-state index in [0.29, 0.717) is 6.54 Å². The molecule has 0 bridgehead atoms. The van der Waals surface area contributed by atoms with Gasteiger partial charge in [-0.15, -0.1) is 0 Å². The van der Waals surface area contributed by atoms with Crippen LogP contribution in [0.25, 0.3) is 0 Å². The summed E-state index contributed by atoms with van der Waals surface area (Å²) in [4.78, 5) is 18.8. The molecular formula is C7H8BrN3O. The number of carbonyl (C=O) groups is 1. The first kappa shape index (κ1) is 9.12. The van der Waals surface area contributed by atoms with Crippen molar-refractivity contribution in [2.45, 2.75) is 6.92 Å². The summed E-state index contributed by atoms with van der Waals surface area (Å²) < 4.78 is 0.760. The molecule has 1 rings (SSSR count). The van der Waals surface area contributed by atoms with Gasteiger partial charge in [0.25, 0.3) is 5.91 Å². The minimum atomic E-state index is -0.245. The molecule has 1 N–H and O–H groups in total. The maximum atomic E-state index is 11.1. The van der Waals surface area contributed by atoms with Crippen LogP contribution in [0, 0.1) is 0 Å². The highest BCUT2D eigenvalue weighted by Gasteiger charge is 2.05. The van der Waals surface area contributed by atoms with E-state index in [2.05, 4.69) is 31.2 Å². The number of amides is 1. The third-order valence-electron chi connectivity index (χ3n) is 1.16. The van der Waals surface area contributed by atoms with Gasteiger partial charge in [0.05, 0.1) is 4.47 Å². The lowest BCUT2D eigenvalue weighted by Crippen LogP contribution is -2.24. The summed E-state index contributed by atoms with van der Waals surface area (Å²) in [5.74, 6) is -0.0509. The molecule has 1 amide bonds. The number of nitrogens with zero attached hydrogens (tertiary/aromatic N) is 2. The summed E-state index contributed by atoms with van der Waals surface area (Å²) in [6, 6.07) is 0. The van der Waals surface area contributed by atoms with Crippen molar-refractivity contribution in [3.8, 4) is 0 Å². The Morgan fingerprint density at radius 1 is 1.58 bits per heavy atom. The Labute approximate surface area is 78.5 Å². The van der Waals surface area contributed by atoms with Crippen LogP contribution in [-0.4, -0.2) is 22.4 Å². The summed E-state index contributed by atoms with van der Waals surface area (Å²) in [5.41, 5.74) is 0. The molecule has 0 saturated heterocycles. The summed E-state index contributed by atoms with van der Waals surface area (Å²) >= 11 is 3.18. The van der Waals surface area contributed by atoms with Gasteiger partial charge in [0, 0.05) is 18.9 Å². The Morgan fingerprint density at radius 3 is 2.67 bits per heavy atom. The summed E-state index contributed by atoms with van der Waals surface area (Å²) in [6.45, 7) is 2.43. The molecule has 0 aliphatic carbocycles. The highest BCUT2D eigenvalue weighted by atomic mass is 79.9. The molecule has 0 aliphatic heterocycles. The number of halogens is 1. The first-order chi connectivity index (χ1) is 5.74. The summed E-state index contributed by atoms with van der Waals surface area (Å²) in [7, 11) is 0. The van der Waals surface area contributed by atoms with Crippen LogP contribution < -0.4 is 5.32 Å². The van der Waals surface area contributed by atoms with Gasteiger partial charge in [0.1, 0.15) is 0 Å². The maximum absolute atomic E-state index is 11.1. The smallest absolute Gasteiger partial charge is 0.289 e. The third-order valence-corrected chi connectivity index (χ3v) is 1.57. The zero-order valence-electron chi connectivity index (χ0n) is 6.54.